The van der Waals surface area contributed by atoms with Crippen LogP contribution in [0.4, 0.5) is 5.69 Å². The molecule has 0 saturated carbocycles. The number of nitro benzene ring substituents is 1. The fraction of sp³-hybridized carbons (Fsp3) is 0.462. The summed E-state index contributed by atoms with van der Waals surface area (Å²) in [5.74, 6) is -0.513. The van der Waals surface area contributed by atoms with Crippen molar-refractivity contribution in [1.82, 2.24) is 0 Å². The van der Waals surface area contributed by atoms with E-state index in [2.05, 4.69) is 0 Å². The van der Waals surface area contributed by atoms with E-state index in [4.69, 9.17) is 4.74 Å². The fourth-order valence-electron chi connectivity index (χ4n) is 1.62. The van der Waals surface area contributed by atoms with Crippen molar-refractivity contribution in [2.24, 2.45) is 5.41 Å². The van der Waals surface area contributed by atoms with Crippen molar-refractivity contribution in [3.05, 3.63) is 39.9 Å². The highest BCUT2D eigenvalue weighted by molar-refractivity contribution is 5.77. The van der Waals surface area contributed by atoms with E-state index in [1.54, 1.807) is 20.8 Å². The molecule has 0 spiro atoms. The minimum absolute atomic E-state index is 0.0649. The molecule has 0 aliphatic rings. The van der Waals surface area contributed by atoms with Crippen LogP contribution in [0.15, 0.2) is 24.3 Å². The number of esters is 1. The normalized spacial score (nSPS) is 12.8. The first-order chi connectivity index (χ1) is 8.80. The number of nitro groups is 1. The molecule has 0 aliphatic carbocycles. The first kappa shape index (κ1) is 15.1. The van der Waals surface area contributed by atoms with Gasteiger partial charge in [0.2, 0.25) is 0 Å². The number of aliphatic hydroxyl groups is 1. The number of non-ortho nitro benzene ring substituents is 1. The second-order valence-electron chi connectivity index (χ2n) is 4.69. The van der Waals surface area contributed by atoms with Crippen LogP contribution in [0.5, 0.6) is 0 Å². The Balaban J connectivity index is 2.95. The quantitative estimate of drug-likeness (QED) is 0.502. The largest absolute Gasteiger partial charge is 0.465 e. The number of nitrogens with zero attached hydrogens (tertiary/aromatic N) is 1. The van der Waals surface area contributed by atoms with E-state index in [0.29, 0.717) is 5.56 Å². The van der Waals surface area contributed by atoms with Gasteiger partial charge in [-0.05, 0) is 38.5 Å². The molecule has 0 fully saturated rings. The van der Waals surface area contributed by atoms with Crippen LogP contribution in [0.25, 0.3) is 0 Å². The van der Waals surface area contributed by atoms with Crippen molar-refractivity contribution in [2.45, 2.75) is 26.9 Å². The summed E-state index contributed by atoms with van der Waals surface area (Å²) in [7, 11) is 0. The molecule has 0 unspecified atom stereocenters. The molecule has 1 atom stereocenters. The third-order valence-corrected chi connectivity index (χ3v) is 2.90. The predicted octanol–water partition coefficient (Wildman–Crippen LogP) is 2.22. The molecule has 1 N–H and O–H groups in total. The number of carbonyl (C=O) groups is 1. The number of hydrogen-bond donors (Lipinski definition) is 1. The SMILES string of the molecule is CCOC(=O)C(C)(C)[C@@H](O)c1ccc([N+](=O)[O-])cc1. The van der Waals surface area contributed by atoms with Crippen LogP contribution in [-0.4, -0.2) is 22.6 Å². The lowest BCUT2D eigenvalue weighted by atomic mass is 9.82. The molecule has 0 aromatic heterocycles. The van der Waals surface area contributed by atoms with E-state index in [0.717, 1.165) is 0 Å². The van der Waals surface area contributed by atoms with Crippen LogP contribution in [-0.2, 0) is 9.53 Å². The zero-order valence-corrected chi connectivity index (χ0v) is 11.1. The Bertz CT molecular complexity index is 466. The Morgan fingerprint density at radius 2 is 1.95 bits per heavy atom. The maximum atomic E-state index is 11.8. The van der Waals surface area contributed by atoms with Gasteiger partial charge in [0, 0.05) is 12.1 Å². The lowest BCUT2D eigenvalue weighted by Crippen LogP contribution is -2.33. The summed E-state index contributed by atoms with van der Waals surface area (Å²) in [5.41, 5.74) is -0.750. The summed E-state index contributed by atoms with van der Waals surface area (Å²) in [6.07, 6.45) is -1.09. The Hall–Kier alpha value is -1.95. The molecule has 1 rings (SSSR count). The minimum Gasteiger partial charge on any atom is -0.465 e. The molecule has 0 bridgehead atoms. The van der Waals surface area contributed by atoms with Crippen LogP contribution in [0, 0.1) is 15.5 Å². The lowest BCUT2D eigenvalue weighted by Gasteiger charge is -2.28. The highest BCUT2D eigenvalue weighted by atomic mass is 16.6. The van der Waals surface area contributed by atoms with Crippen molar-refractivity contribution < 1.29 is 19.6 Å². The van der Waals surface area contributed by atoms with E-state index < -0.39 is 22.4 Å². The van der Waals surface area contributed by atoms with Gasteiger partial charge in [-0.2, -0.15) is 0 Å². The number of hydrogen-bond acceptors (Lipinski definition) is 5. The van der Waals surface area contributed by atoms with Crippen molar-refractivity contribution in [3.63, 3.8) is 0 Å². The molecular formula is C13H17NO5. The number of aliphatic hydroxyl groups excluding tert-OH is 1. The third-order valence-electron chi connectivity index (χ3n) is 2.90. The van der Waals surface area contributed by atoms with Crippen molar-refractivity contribution >= 4 is 11.7 Å². The summed E-state index contributed by atoms with van der Waals surface area (Å²) < 4.78 is 4.90. The number of benzene rings is 1. The van der Waals surface area contributed by atoms with Gasteiger partial charge in [-0.15, -0.1) is 0 Å². The number of carbonyl (C=O) groups excluding carboxylic acids is 1. The lowest BCUT2D eigenvalue weighted by molar-refractivity contribution is -0.384. The van der Waals surface area contributed by atoms with Gasteiger partial charge in [0.1, 0.15) is 0 Å². The summed E-state index contributed by atoms with van der Waals surface area (Å²) in [6, 6.07) is 5.45. The molecular weight excluding hydrogens is 250 g/mol. The Labute approximate surface area is 111 Å². The summed E-state index contributed by atoms with van der Waals surface area (Å²) in [4.78, 5) is 21.8. The second kappa shape index (κ2) is 5.79. The van der Waals surface area contributed by atoms with Gasteiger partial charge in [0.05, 0.1) is 23.0 Å². The molecule has 6 heteroatoms. The van der Waals surface area contributed by atoms with E-state index in [1.165, 1.54) is 24.3 Å². The third kappa shape index (κ3) is 3.29. The van der Waals surface area contributed by atoms with Crippen LogP contribution < -0.4 is 0 Å². The second-order valence-corrected chi connectivity index (χ2v) is 4.69. The van der Waals surface area contributed by atoms with Crippen LogP contribution in [0.1, 0.15) is 32.4 Å². The van der Waals surface area contributed by atoms with Gasteiger partial charge in [-0.1, -0.05) is 0 Å². The predicted molar refractivity (Wildman–Crippen MR) is 68.5 cm³/mol. The maximum absolute atomic E-state index is 11.8. The first-order valence-electron chi connectivity index (χ1n) is 5.90. The summed E-state index contributed by atoms with van der Waals surface area (Å²) in [6.45, 7) is 5.05. The van der Waals surface area contributed by atoms with E-state index in [1.807, 2.05) is 0 Å². The van der Waals surface area contributed by atoms with E-state index in [9.17, 15) is 20.0 Å². The molecule has 104 valence electrons. The van der Waals surface area contributed by atoms with Crippen LogP contribution >= 0.6 is 0 Å². The zero-order valence-electron chi connectivity index (χ0n) is 11.1. The molecule has 1 aromatic carbocycles. The molecule has 0 amide bonds. The summed E-state index contributed by atoms with van der Waals surface area (Å²) >= 11 is 0. The van der Waals surface area contributed by atoms with Crippen molar-refractivity contribution in [2.75, 3.05) is 6.61 Å². The van der Waals surface area contributed by atoms with Crippen LogP contribution in [0.3, 0.4) is 0 Å². The topological polar surface area (TPSA) is 89.7 Å². The molecule has 0 aliphatic heterocycles. The molecule has 19 heavy (non-hydrogen) atoms. The summed E-state index contributed by atoms with van der Waals surface area (Å²) in [5, 5.41) is 20.7. The van der Waals surface area contributed by atoms with Gasteiger partial charge >= 0.3 is 5.97 Å². The number of ether oxygens (including phenoxy) is 1. The molecule has 0 saturated heterocycles. The highest BCUT2D eigenvalue weighted by Crippen LogP contribution is 2.35. The average molecular weight is 267 g/mol. The standard InChI is InChI=1S/C13H17NO5/c1-4-19-12(16)13(2,3)11(15)9-5-7-10(8-6-9)14(17)18/h5-8,11,15H,4H2,1-3H3/t11-/m0/s1. The highest BCUT2D eigenvalue weighted by Gasteiger charge is 2.38. The Kier molecular flexibility index (Phi) is 4.61. The van der Waals surface area contributed by atoms with Gasteiger partial charge < -0.3 is 9.84 Å². The molecule has 6 nitrogen and oxygen atoms in total. The van der Waals surface area contributed by atoms with Gasteiger partial charge in [0.15, 0.2) is 0 Å². The monoisotopic (exact) mass is 267 g/mol. The Morgan fingerprint density at radius 1 is 1.42 bits per heavy atom. The van der Waals surface area contributed by atoms with E-state index in [-0.39, 0.29) is 12.3 Å². The van der Waals surface area contributed by atoms with Gasteiger partial charge in [0.25, 0.3) is 5.69 Å². The fourth-order valence-corrected chi connectivity index (χ4v) is 1.62. The first-order valence-corrected chi connectivity index (χ1v) is 5.90. The molecule has 0 radical (unpaired) electrons. The molecule has 1 aromatic rings. The smallest absolute Gasteiger partial charge is 0.314 e. The minimum atomic E-state index is -1.12. The maximum Gasteiger partial charge on any atom is 0.314 e. The van der Waals surface area contributed by atoms with Gasteiger partial charge in [-0.25, -0.2) is 0 Å². The Morgan fingerprint density at radius 3 is 2.37 bits per heavy atom. The van der Waals surface area contributed by atoms with Crippen molar-refractivity contribution in [3.8, 4) is 0 Å². The number of rotatable bonds is 5. The van der Waals surface area contributed by atoms with Gasteiger partial charge in [-0.3, -0.25) is 14.9 Å². The molecule has 0 heterocycles. The van der Waals surface area contributed by atoms with Crippen molar-refractivity contribution in [1.29, 1.82) is 0 Å². The zero-order chi connectivity index (χ0) is 14.6. The van der Waals surface area contributed by atoms with E-state index >= 15 is 0 Å². The average Bonchev–Trinajstić information content (AvgIpc) is 2.38. The van der Waals surface area contributed by atoms with Crippen LogP contribution in [0.2, 0.25) is 0 Å².